The van der Waals surface area contributed by atoms with Crippen molar-refractivity contribution in [2.24, 2.45) is 0 Å². The highest BCUT2D eigenvalue weighted by Gasteiger charge is 2.11. The average Bonchev–Trinajstić information content (AvgIpc) is 2.49. The van der Waals surface area contributed by atoms with Gasteiger partial charge in [0.25, 0.3) is 0 Å². The quantitative estimate of drug-likeness (QED) is 0.807. The number of halogens is 1. The Kier molecular flexibility index (Phi) is 5.34. The second kappa shape index (κ2) is 7.24. The first-order valence-corrected chi connectivity index (χ1v) is 7.43. The number of aryl methyl sites for hydroxylation is 3. The van der Waals surface area contributed by atoms with Gasteiger partial charge in [-0.05, 0) is 49.6 Å². The SMILES string of the molecule is Cc1cc(C)c(NC(=O)NCC(O)c2ccc(F)cc2)c(C)c1. The summed E-state index contributed by atoms with van der Waals surface area (Å²) in [6, 6.07) is 9.14. The summed E-state index contributed by atoms with van der Waals surface area (Å²) in [5, 5.41) is 15.4. The van der Waals surface area contributed by atoms with Crippen LogP contribution in [0.5, 0.6) is 0 Å². The molecule has 2 rings (SSSR count). The van der Waals surface area contributed by atoms with Crippen LogP contribution in [0.2, 0.25) is 0 Å². The molecule has 122 valence electrons. The largest absolute Gasteiger partial charge is 0.387 e. The van der Waals surface area contributed by atoms with Gasteiger partial charge in [-0.15, -0.1) is 0 Å². The fourth-order valence-electron chi connectivity index (χ4n) is 2.53. The number of amides is 2. The Balaban J connectivity index is 1.94. The van der Waals surface area contributed by atoms with E-state index in [1.54, 1.807) is 0 Å². The lowest BCUT2D eigenvalue weighted by Crippen LogP contribution is -2.32. The molecule has 0 fully saturated rings. The maximum Gasteiger partial charge on any atom is 0.319 e. The number of nitrogens with one attached hydrogen (secondary N) is 2. The van der Waals surface area contributed by atoms with Gasteiger partial charge in [0.2, 0.25) is 0 Å². The van der Waals surface area contributed by atoms with E-state index in [1.165, 1.54) is 24.3 Å². The summed E-state index contributed by atoms with van der Waals surface area (Å²) in [6.45, 7) is 5.91. The molecular formula is C18H21FN2O2. The van der Waals surface area contributed by atoms with Crippen molar-refractivity contribution in [2.75, 3.05) is 11.9 Å². The summed E-state index contributed by atoms with van der Waals surface area (Å²) in [5.74, 6) is -0.364. The van der Waals surface area contributed by atoms with Crippen LogP contribution in [0.4, 0.5) is 14.9 Å². The van der Waals surface area contributed by atoms with Gasteiger partial charge in [0.1, 0.15) is 5.82 Å². The van der Waals surface area contributed by atoms with Crippen LogP contribution in [0.3, 0.4) is 0 Å². The normalized spacial score (nSPS) is 11.9. The molecule has 5 heteroatoms. The smallest absolute Gasteiger partial charge is 0.319 e. The van der Waals surface area contributed by atoms with E-state index in [-0.39, 0.29) is 18.4 Å². The lowest BCUT2D eigenvalue weighted by atomic mass is 10.1. The third-order valence-electron chi connectivity index (χ3n) is 3.63. The van der Waals surface area contributed by atoms with E-state index in [1.807, 2.05) is 32.9 Å². The van der Waals surface area contributed by atoms with Crippen LogP contribution in [-0.2, 0) is 0 Å². The lowest BCUT2D eigenvalue weighted by Gasteiger charge is -2.15. The van der Waals surface area contributed by atoms with Gasteiger partial charge in [0.15, 0.2) is 0 Å². The highest BCUT2D eigenvalue weighted by molar-refractivity contribution is 5.91. The summed E-state index contributed by atoms with van der Waals surface area (Å²) < 4.78 is 12.8. The number of aliphatic hydroxyl groups excluding tert-OH is 1. The molecule has 0 heterocycles. The first-order valence-electron chi connectivity index (χ1n) is 7.43. The van der Waals surface area contributed by atoms with Crippen LogP contribution in [0, 0.1) is 26.6 Å². The zero-order valence-corrected chi connectivity index (χ0v) is 13.5. The predicted octanol–water partition coefficient (Wildman–Crippen LogP) is 3.61. The molecule has 0 bridgehead atoms. The minimum atomic E-state index is -0.887. The van der Waals surface area contributed by atoms with Crippen LogP contribution in [0.15, 0.2) is 36.4 Å². The molecule has 0 aromatic heterocycles. The Labute approximate surface area is 135 Å². The van der Waals surface area contributed by atoms with E-state index in [0.717, 1.165) is 22.4 Å². The number of urea groups is 1. The zero-order chi connectivity index (χ0) is 17.0. The van der Waals surface area contributed by atoms with Crippen molar-refractivity contribution in [2.45, 2.75) is 26.9 Å². The van der Waals surface area contributed by atoms with Crippen LogP contribution in [0.25, 0.3) is 0 Å². The summed E-state index contributed by atoms with van der Waals surface area (Å²) in [7, 11) is 0. The number of hydrogen-bond donors (Lipinski definition) is 3. The first kappa shape index (κ1) is 17.0. The van der Waals surface area contributed by atoms with Crippen molar-refractivity contribution in [1.29, 1.82) is 0 Å². The molecule has 1 atom stereocenters. The van der Waals surface area contributed by atoms with Crippen molar-refractivity contribution < 1.29 is 14.3 Å². The number of anilines is 1. The maximum absolute atomic E-state index is 12.8. The van der Waals surface area contributed by atoms with Gasteiger partial charge in [-0.25, -0.2) is 9.18 Å². The molecule has 1 unspecified atom stereocenters. The fraction of sp³-hybridized carbons (Fsp3) is 0.278. The summed E-state index contributed by atoms with van der Waals surface area (Å²) in [5.41, 5.74) is 4.42. The lowest BCUT2D eigenvalue weighted by molar-refractivity contribution is 0.175. The highest BCUT2D eigenvalue weighted by Crippen LogP contribution is 2.21. The number of benzene rings is 2. The van der Waals surface area contributed by atoms with Crippen LogP contribution in [0.1, 0.15) is 28.4 Å². The third-order valence-corrected chi connectivity index (χ3v) is 3.63. The Bertz CT molecular complexity index is 676. The molecule has 0 aliphatic rings. The topological polar surface area (TPSA) is 61.4 Å². The van der Waals surface area contributed by atoms with Crippen molar-refractivity contribution >= 4 is 11.7 Å². The summed E-state index contributed by atoms with van der Waals surface area (Å²) >= 11 is 0. The predicted molar refractivity (Wildman–Crippen MR) is 89.0 cm³/mol. The maximum atomic E-state index is 12.8. The third kappa shape index (κ3) is 4.53. The molecule has 3 N–H and O–H groups in total. The Morgan fingerprint density at radius 2 is 1.70 bits per heavy atom. The van der Waals surface area contributed by atoms with Gasteiger partial charge < -0.3 is 15.7 Å². The molecule has 2 aromatic carbocycles. The molecule has 0 saturated heterocycles. The first-order chi connectivity index (χ1) is 10.9. The molecule has 2 amide bonds. The minimum absolute atomic E-state index is 0.0431. The van der Waals surface area contributed by atoms with Gasteiger partial charge in [-0.1, -0.05) is 29.8 Å². The molecule has 0 radical (unpaired) electrons. The second-order valence-electron chi connectivity index (χ2n) is 5.68. The van der Waals surface area contributed by atoms with Crippen LogP contribution in [-0.4, -0.2) is 17.7 Å². The average molecular weight is 316 g/mol. The molecule has 0 aliphatic heterocycles. The van der Waals surface area contributed by atoms with Gasteiger partial charge in [0, 0.05) is 12.2 Å². The Hall–Kier alpha value is -2.40. The number of aliphatic hydroxyl groups is 1. The molecule has 4 nitrogen and oxygen atoms in total. The number of hydrogen-bond acceptors (Lipinski definition) is 2. The van der Waals surface area contributed by atoms with E-state index in [4.69, 9.17) is 0 Å². The molecular weight excluding hydrogens is 295 g/mol. The molecule has 2 aromatic rings. The van der Waals surface area contributed by atoms with E-state index < -0.39 is 6.10 Å². The van der Waals surface area contributed by atoms with E-state index >= 15 is 0 Å². The number of carbonyl (C=O) groups is 1. The molecule has 23 heavy (non-hydrogen) atoms. The molecule has 0 aliphatic carbocycles. The Morgan fingerprint density at radius 1 is 1.13 bits per heavy atom. The number of rotatable bonds is 4. The van der Waals surface area contributed by atoms with Crippen molar-refractivity contribution in [3.8, 4) is 0 Å². The van der Waals surface area contributed by atoms with Crippen LogP contribution >= 0.6 is 0 Å². The number of carbonyl (C=O) groups excluding carboxylic acids is 1. The summed E-state index contributed by atoms with van der Waals surface area (Å²) in [4.78, 5) is 12.0. The molecule has 0 saturated carbocycles. The van der Waals surface area contributed by atoms with Gasteiger partial charge in [-0.3, -0.25) is 0 Å². The van der Waals surface area contributed by atoms with E-state index in [2.05, 4.69) is 10.6 Å². The zero-order valence-electron chi connectivity index (χ0n) is 13.5. The van der Waals surface area contributed by atoms with E-state index in [9.17, 15) is 14.3 Å². The minimum Gasteiger partial charge on any atom is -0.387 e. The summed E-state index contributed by atoms with van der Waals surface area (Å²) in [6.07, 6.45) is -0.887. The van der Waals surface area contributed by atoms with Crippen LogP contribution < -0.4 is 10.6 Å². The van der Waals surface area contributed by atoms with E-state index in [0.29, 0.717) is 5.56 Å². The highest BCUT2D eigenvalue weighted by atomic mass is 19.1. The van der Waals surface area contributed by atoms with Crippen molar-refractivity contribution in [3.63, 3.8) is 0 Å². The van der Waals surface area contributed by atoms with Crippen molar-refractivity contribution in [3.05, 3.63) is 64.5 Å². The second-order valence-corrected chi connectivity index (χ2v) is 5.68. The molecule has 0 spiro atoms. The monoisotopic (exact) mass is 316 g/mol. The van der Waals surface area contributed by atoms with Gasteiger partial charge in [-0.2, -0.15) is 0 Å². The Morgan fingerprint density at radius 3 is 2.26 bits per heavy atom. The van der Waals surface area contributed by atoms with Gasteiger partial charge >= 0.3 is 6.03 Å². The standard InChI is InChI=1S/C18H21FN2O2/c1-11-8-12(2)17(13(3)9-11)21-18(23)20-10-16(22)14-4-6-15(19)7-5-14/h4-9,16,22H,10H2,1-3H3,(H2,20,21,23). The fourth-order valence-corrected chi connectivity index (χ4v) is 2.53. The van der Waals surface area contributed by atoms with Crippen molar-refractivity contribution in [1.82, 2.24) is 5.32 Å². The van der Waals surface area contributed by atoms with Gasteiger partial charge in [0.05, 0.1) is 6.10 Å².